The van der Waals surface area contributed by atoms with E-state index >= 15 is 0 Å². The minimum Gasteiger partial charge on any atom is -0.497 e. The molecule has 2 aromatic rings. The molecular weight excluding hydrogens is 366 g/mol. The molecule has 27 heavy (non-hydrogen) atoms. The molecule has 2 heterocycles. The number of likely N-dealkylation sites (tertiary alicyclic amines) is 1. The van der Waals surface area contributed by atoms with Crippen LogP contribution in [0.5, 0.6) is 11.5 Å². The van der Waals surface area contributed by atoms with Crippen LogP contribution in [-0.4, -0.2) is 44.1 Å². The largest absolute Gasteiger partial charge is 0.497 e. The van der Waals surface area contributed by atoms with Crippen molar-refractivity contribution in [2.75, 3.05) is 37.9 Å². The fourth-order valence-corrected chi connectivity index (χ4v) is 3.63. The van der Waals surface area contributed by atoms with Crippen LogP contribution >= 0.6 is 11.3 Å². The maximum Gasteiger partial charge on any atom is 0.322 e. The Morgan fingerprint density at radius 2 is 1.89 bits per heavy atom. The molecule has 1 aromatic carbocycles. The van der Waals surface area contributed by atoms with Crippen LogP contribution in [-0.2, 0) is 4.79 Å². The fraction of sp³-hybridized carbons (Fsp3) is 0.368. The summed E-state index contributed by atoms with van der Waals surface area (Å²) in [5.74, 6) is 1.01. The lowest BCUT2D eigenvalue weighted by Crippen LogP contribution is -2.43. The van der Waals surface area contributed by atoms with E-state index in [4.69, 9.17) is 9.47 Å². The lowest BCUT2D eigenvalue weighted by Gasteiger charge is -2.31. The highest BCUT2D eigenvalue weighted by molar-refractivity contribution is 7.14. The van der Waals surface area contributed by atoms with Gasteiger partial charge in [0.25, 0.3) is 0 Å². The van der Waals surface area contributed by atoms with Gasteiger partial charge < -0.3 is 19.7 Å². The molecule has 3 rings (SSSR count). The van der Waals surface area contributed by atoms with E-state index in [-0.39, 0.29) is 17.9 Å². The molecule has 0 aliphatic carbocycles. The second-order valence-electron chi connectivity index (χ2n) is 6.22. The molecule has 1 aliphatic heterocycles. The van der Waals surface area contributed by atoms with E-state index in [1.807, 2.05) is 17.5 Å². The second-order valence-corrected chi connectivity index (χ2v) is 7.17. The summed E-state index contributed by atoms with van der Waals surface area (Å²) in [6.45, 7) is 1.09. The van der Waals surface area contributed by atoms with Gasteiger partial charge in [-0.1, -0.05) is 0 Å². The second kappa shape index (κ2) is 8.77. The molecule has 0 bridgehead atoms. The van der Waals surface area contributed by atoms with Gasteiger partial charge in [-0.15, -0.1) is 11.3 Å². The Balaban J connectivity index is 1.55. The monoisotopic (exact) mass is 389 g/mol. The molecule has 0 radical (unpaired) electrons. The Bertz CT molecular complexity index is 786. The van der Waals surface area contributed by atoms with Crippen LogP contribution in [0.15, 0.2) is 35.7 Å². The van der Waals surface area contributed by atoms with Crippen molar-refractivity contribution in [3.05, 3.63) is 35.7 Å². The summed E-state index contributed by atoms with van der Waals surface area (Å²) in [5, 5.41) is 8.54. The van der Waals surface area contributed by atoms with Crippen molar-refractivity contribution in [1.82, 2.24) is 4.90 Å². The number of hydrogen-bond donors (Lipinski definition) is 2. The molecule has 3 amide bonds. The van der Waals surface area contributed by atoms with E-state index in [9.17, 15) is 9.59 Å². The summed E-state index contributed by atoms with van der Waals surface area (Å²) in [4.78, 5) is 26.7. The average Bonchev–Trinajstić information content (AvgIpc) is 3.21. The summed E-state index contributed by atoms with van der Waals surface area (Å²) >= 11 is 1.48. The van der Waals surface area contributed by atoms with Crippen LogP contribution in [0.1, 0.15) is 12.8 Å². The molecule has 144 valence electrons. The third kappa shape index (κ3) is 4.71. The van der Waals surface area contributed by atoms with Gasteiger partial charge in [-0.05, 0) is 42.5 Å². The first-order valence-electron chi connectivity index (χ1n) is 8.73. The van der Waals surface area contributed by atoms with Gasteiger partial charge >= 0.3 is 6.03 Å². The van der Waals surface area contributed by atoms with Crippen molar-refractivity contribution in [1.29, 1.82) is 0 Å². The zero-order valence-corrected chi connectivity index (χ0v) is 16.2. The van der Waals surface area contributed by atoms with E-state index in [1.165, 1.54) is 11.3 Å². The van der Waals surface area contributed by atoms with Crippen LogP contribution in [0.3, 0.4) is 0 Å². The number of rotatable bonds is 5. The van der Waals surface area contributed by atoms with Crippen LogP contribution < -0.4 is 20.1 Å². The molecule has 2 N–H and O–H groups in total. The first kappa shape index (κ1) is 19.0. The Labute approximate surface area is 162 Å². The quantitative estimate of drug-likeness (QED) is 0.818. The molecular formula is C19H23N3O4S. The number of carbonyl (C=O) groups is 2. The maximum absolute atomic E-state index is 12.6. The highest BCUT2D eigenvalue weighted by Crippen LogP contribution is 2.30. The topological polar surface area (TPSA) is 79.9 Å². The van der Waals surface area contributed by atoms with Crippen molar-refractivity contribution >= 4 is 34.0 Å². The van der Waals surface area contributed by atoms with Gasteiger partial charge in [-0.25, -0.2) is 4.79 Å². The molecule has 1 saturated heterocycles. The summed E-state index contributed by atoms with van der Waals surface area (Å²) in [5.41, 5.74) is 0.583. The van der Waals surface area contributed by atoms with Crippen LogP contribution in [0.25, 0.3) is 0 Å². The van der Waals surface area contributed by atoms with E-state index in [2.05, 4.69) is 10.6 Å². The zero-order valence-electron chi connectivity index (χ0n) is 15.4. The van der Waals surface area contributed by atoms with Gasteiger partial charge in [0, 0.05) is 25.1 Å². The Morgan fingerprint density at radius 1 is 1.11 bits per heavy atom. The molecule has 1 aliphatic rings. The molecule has 0 unspecified atom stereocenters. The molecule has 0 saturated carbocycles. The van der Waals surface area contributed by atoms with E-state index in [0.29, 0.717) is 43.1 Å². The number of anilines is 2. The van der Waals surface area contributed by atoms with E-state index < -0.39 is 0 Å². The first-order chi connectivity index (χ1) is 13.1. The first-order valence-corrected chi connectivity index (χ1v) is 9.61. The van der Waals surface area contributed by atoms with Gasteiger partial charge in [0.1, 0.15) is 11.5 Å². The zero-order chi connectivity index (χ0) is 19.2. The molecule has 1 aromatic heterocycles. The molecule has 7 nitrogen and oxygen atoms in total. The number of methoxy groups -OCH3 is 2. The predicted octanol–water partition coefficient (Wildman–Crippen LogP) is 3.65. The molecule has 8 heteroatoms. The predicted molar refractivity (Wildman–Crippen MR) is 106 cm³/mol. The minimum absolute atomic E-state index is 0.0696. The highest BCUT2D eigenvalue weighted by atomic mass is 32.1. The standard InChI is InChI=1S/C19H23N3O4S/c1-25-14-5-6-16(26-2)15(12-14)20-18(23)13-7-9-22(10-8-13)19(24)21-17-4-3-11-27-17/h3-6,11-13H,7-10H2,1-2H3,(H,20,23)(H,21,24). The van der Waals surface area contributed by atoms with Crippen molar-refractivity contribution in [3.8, 4) is 11.5 Å². The number of amides is 3. The number of piperidine rings is 1. The third-order valence-electron chi connectivity index (χ3n) is 4.57. The number of thiophene rings is 1. The van der Waals surface area contributed by atoms with E-state index in [1.54, 1.807) is 37.3 Å². The van der Waals surface area contributed by atoms with Gasteiger partial charge in [0.2, 0.25) is 5.91 Å². The Hall–Kier alpha value is -2.74. The van der Waals surface area contributed by atoms with Crippen LogP contribution in [0.2, 0.25) is 0 Å². The van der Waals surface area contributed by atoms with Crippen molar-refractivity contribution in [3.63, 3.8) is 0 Å². The number of nitrogens with zero attached hydrogens (tertiary/aromatic N) is 1. The van der Waals surface area contributed by atoms with Gasteiger partial charge in [0.15, 0.2) is 0 Å². The lowest BCUT2D eigenvalue weighted by molar-refractivity contribution is -0.121. The number of nitrogens with one attached hydrogen (secondary N) is 2. The normalized spacial score (nSPS) is 14.5. The molecule has 1 fully saturated rings. The molecule has 0 atom stereocenters. The lowest BCUT2D eigenvalue weighted by atomic mass is 9.96. The van der Waals surface area contributed by atoms with Gasteiger partial charge in [-0.2, -0.15) is 0 Å². The number of hydrogen-bond acceptors (Lipinski definition) is 5. The van der Waals surface area contributed by atoms with Crippen LogP contribution in [0, 0.1) is 5.92 Å². The maximum atomic E-state index is 12.6. The van der Waals surface area contributed by atoms with Crippen molar-refractivity contribution in [2.24, 2.45) is 5.92 Å². The third-order valence-corrected chi connectivity index (χ3v) is 5.35. The summed E-state index contributed by atoms with van der Waals surface area (Å²) in [6, 6.07) is 8.91. The minimum atomic E-state index is -0.147. The summed E-state index contributed by atoms with van der Waals surface area (Å²) in [6.07, 6.45) is 1.24. The SMILES string of the molecule is COc1ccc(OC)c(NC(=O)C2CCN(C(=O)Nc3cccs3)CC2)c1. The van der Waals surface area contributed by atoms with Crippen LogP contribution in [0.4, 0.5) is 15.5 Å². The van der Waals surface area contributed by atoms with Crippen molar-refractivity contribution in [2.45, 2.75) is 12.8 Å². The van der Waals surface area contributed by atoms with E-state index in [0.717, 1.165) is 5.00 Å². The highest BCUT2D eigenvalue weighted by Gasteiger charge is 2.28. The smallest absolute Gasteiger partial charge is 0.322 e. The van der Waals surface area contributed by atoms with Crippen molar-refractivity contribution < 1.29 is 19.1 Å². The number of ether oxygens (including phenoxy) is 2. The summed E-state index contributed by atoms with van der Waals surface area (Å²) < 4.78 is 10.5. The van der Waals surface area contributed by atoms with Gasteiger partial charge in [-0.3, -0.25) is 10.1 Å². The Kier molecular flexibility index (Phi) is 6.18. The fourth-order valence-electron chi connectivity index (χ4n) is 3.03. The summed E-state index contributed by atoms with van der Waals surface area (Å²) in [7, 11) is 3.13. The average molecular weight is 389 g/mol. The molecule has 0 spiro atoms. The Morgan fingerprint density at radius 3 is 2.52 bits per heavy atom. The van der Waals surface area contributed by atoms with Gasteiger partial charge in [0.05, 0.1) is 24.9 Å². The number of benzene rings is 1. The number of carbonyl (C=O) groups excluding carboxylic acids is 2. The number of urea groups is 1.